The van der Waals surface area contributed by atoms with Gasteiger partial charge in [-0.2, -0.15) is 0 Å². The SMILES string of the molecule is CCN1CCN(C)c2ccc(N)cc21. The summed E-state index contributed by atoms with van der Waals surface area (Å²) in [5.41, 5.74) is 9.19. The van der Waals surface area contributed by atoms with E-state index in [4.69, 9.17) is 5.73 Å². The van der Waals surface area contributed by atoms with Gasteiger partial charge in [0.15, 0.2) is 0 Å². The second-order valence-corrected chi connectivity index (χ2v) is 3.75. The lowest BCUT2D eigenvalue weighted by Gasteiger charge is -2.36. The summed E-state index contributed by atoms with van der Waals surface area (Å²) in [4.78, 5) is 4.65. The van der Waals surface area contributed by atoms with Gasteiger partial charge in [0.05, 0.1) is 11.4 Å². The van der Waals surface area contributed by atoms with E-state index in [0.717, 1.165) is 25.3 Å². The first kappa shape index (κ1) is 9.19. The number of benzene rings is 1. The second kappa shape index (κ2) is 3.40. The van der Waals surface area contributed by atoms with E-state index in [9.17, 15) is 0 Å². The molecule has 0 unspecified atom stereocenters. The summed E-state index contributed by atoms with van der Waals surface area (Å²) in [6.45, 7) is 5.40. The van der Waals surface area contributed by atoms with Gasteiger partial charge < -0.3 is 15.5 Å². The largest absolute Gasteiger partial charge is 0.399 e. The van der Waals surface area contributed by atoms with E-state index in [1.165, 1.54) is 11.4 Å². The molecule has 3 heteroatoms. The van der Waals surface area contributed by atoms with E-state index in [-0.39, 0.29) is 0 Å². The van der Waals surface area contributed by atoms with Gasteiger partial charge in [-0.05, 0) is 25.1 Å². The predicted octanol–water partition coefficient (Wildman–Crippen LogP) is 1.54. The Labute approximate surface area is 85.1 Å². The Kier molecular flexibility index (Phi) is 2.23. The molecule has 0 saturated carbocycles. The van der Waals surface area contributed by atoms with Crippen LogP contribution in [0.5, 0.6) is 0 Å². The van der Waals surface area contributed by atoms with E-state index < -0.39 is 0 Å². The number of rotatable bonds is 1. The van der Waals surface area contributed by atoms with Crippen LogP contribution in [0.2, 0.25) is 0 Å². The van der Waals surface area contributed by atoms with Gasteiger partial charge in [-0.15, -0.1) is 0 Å². The minimum Gasteiger partial charge on any atom is -0.399 e. The summed E-state index contributed by atoms with van der Waals surface area (Å²) in [5.74, 6) is 0. The van der Waals surface area contributed by atoms with E-state index in [0.29, 0.717) is 0 Å². The normalized spacial score (nSPS) is 15.6. The van der Waals surface area contributed by atoms with Crippen LogP contribution in [0.25, 0.3) is 0 Å². The van der Waals surface area contributed by atoms with Crippen LogP contribution in [-0.4, -0.2) is 26.7 Å². The smallest absolute Gasteiger partial charge is 0.0625 e. The zero-order valence-electron chi connectivity index (χ0n) is 8.83. The van der Waals surface area contributed by atoms with E-state index >= 15 is 0 Å². The topological polar surface area (TPSA) is 32.5 Å². The van der Waals surface area contributed by atoms with Crippen molar-refractivity contribution in [3.05, 3.63) is 18.2 Å². The molecule has 76 valence electrons. The third-order valence-electron chi connectivity index (χ3n) is 2.84. The summed E-state index contributed by atoms with van der Waals surface area (Å²) in [5, 5.41) is 0. The van der Waals surface area contributed by atoms with Gasteiger partial charge in [0, 0.05) is 32.4 Å². The van der Waals surface area contributed by atoms with Gasteiger partial charge in [-0.3, -0.25) is 0 Å². The monoisotopic (exact) mass is 191 g/mol. The van der Waals surface area contributed by atoms with Crippen LogP contribution in [0.15, 0.2) is 18.2 Å². The summed E-state index contributed by atoms with van der Waals surface area (Å²) < 4.78 is 0. The van der Waals surface area contributed by atoms with Crippen LogP contribution in [0.1, 0.15) is 6.92 Å². The first-order chi connectivity index (χ1) is 6.72. The summed E-state index contributed by atoms with van der Waals surface area (Å²) >= 11 is 0. The minimum atomic E-state index is 0.845. The maximum Gasteiger partial charge on any atom is 0.0625 e. The molecule has 0 aliphatic carbocycles. The van der Waals surface area contributed by atoms with Crippen molar-refractivity contribution in [2.45, 2.75) is 6.92 Å². The fourth-order valence-corrected chi connectivity index (χ4v) is 1.96. The molecule has 0 radical (unpaired) electrons. The number of hydrogen-bond acceptors (Lipinski definition) is 3. The Hall–Kier alpha value is -1.38. The van der Waals surface area contributed by atoms with Crippen LogP contribution >= 0.6 is 0 Å². The molecular weight excluding hydrogens is 174 g/mol. The highest BCUT2D eigenvalue weighted by atomic mass is 15.2. The Morgan fingerprint density at radius 2 is 2.07 bits per heavy atom. The number of nitrogens with two attached hydrogens (primary N) is 1. The van der Waals surface area contributed by atoms with Gasteiger partial charge in [-0.25, -0.2) is 0 Å². The van der Waals surface area contributed by atoms with Crippen molar-refractivity contribution in [2.24, 2.45) is 0 Å². The lowest BCUT2D eigenvalue weighted by molar-refractivity contribution is 0.754. The van der Waals surface area contributed by atoms with Crippen molar-refractivity contribution in [2.75, 3.05) is 42.2 Å². The zero-order chi connectivity index (χ0) is 10.1. The Morgan fingerprint density at radius 3 is 2.79 bits per heavy atom. The van der Waals surface area contributed by atoms with Crippen LogP contribution < -0.4 is 15.5 Å². The maximum absolute atomic E-state index is 5.80. The van der Waals surface area contributed by atoms with Gasteiger partial charge in [0.1, 0.15) is 0 Å². The van der Waals surface area contributed by atoms with E-state index in [2.05, 4.69) is 35.9 Å². The molecule has 0 saturated heterocycles. The molecule has 0 aromatic heterocycles. The lowest BCUT2D eigenvalue weighted by Crippen LogP contribution is -2.39. The van der Waals surface area contributed by atoms with Crippen LogP contribution in [0.3, 0.4) is 0 Å². The number of hydrogen-bond donors (Lipinski definition) is 1. The fraction of sp³-hybridized carbons (Fsp3) is 0.455. The third kappa shape index (κ3) is 1.39. The molecule has 0 bridgehead atoms. The highest BCUT2D eigenvalue weighted by molar-refractivity contribution is 5.76. The number of anilines is 3. The third-order valence-corrected chi connectivity index (χ3v) is 2.84. The molecule has 3 nitrogen and oxygen atoms in total. The fourth-order valence-electron chi connectivity index (χ4n) is 1.96. The maximum atomic E-state index is 5.80. The van der Waals surface area contributed by atoms with Gasteiger partial charge in [0.2, 0.25) is 0 Å². The molecule has 1 aromatic carbocycles. The number of likely N-dealkylation sites (N-methyl/N-ethyl adjacent to an activating group) is 2. The van der Waals surface area contributed by atoms with Gasteiger partial charge in [0.25, 0.3) is 0 Å². The molecule has 2 N–H and O–H groups in total. The van der Waals surface area contributed by atoms with Crippen molar-refractivity contribution in [1.82, 2.24) is 0 Å². The summed E-state index contributed by atoms with van der Waals surface area (Å²) in [6, 6.07) is 6.13. The molecular formula is C11H17N3. The van der Waals surface area contributed by atoms with E-state index in [1.807, 2.05) is 6.07 Å². The summed E-state index contributed by atoms with van der Waals surface area (Å²) in [7, 11) is 2.13. The van der Waals surface area contributed by atoms with Crippen molar-refractivity contribution in [3.8, 4) is 0 Å². The molecule has 0 amide bonds. The van der Waals surface area contributed by atoms with E-state index in [1.54, 1.807) is 0 Å². The van der Waals surface area contributed by atoms with Crippen molar-refractivity contribution < 1.29 is 0 Å². The van der Waals surface area contributed by atoms with Gasteiger partial charge >= 0.3 is 0 Å². The highest BCUT2D eigenvalue weighted by Gasteiger charge is 2.18. The first-order valence-corrected chi connectivity index (χ1v) is 5.08. The molecule has 14 heavy (non-hydrogen) atoms. The molecule has 1 aliphatic heterocycles. The lowest BCUT2D eigenvalue weighted by atomic mass is 10.1. The van der Waals surface area contributed by atoms with Crippen LogP contribution in [-0.2, 0) is 0 Å². The number of fused-ring (bicyclic) bond motifs is 1. The number of nitrogen functional groups attached to an aromatic ring is 1. The Balaban J connectivity index is 2.46. The minimum absolute atomic E-state index is 0.845. The predicted molar refractivity (Wildman–Crippen MR) is 62.0 cm³/mol. The van der Waals surface area contributed by atoms with Crippen molar-refractivity contribution in [3.63, 3.8) is 0 Å². The molecule has 0 atom stereocenters. The molecule has 1 aliphatic rings. The molecule has 0 fully saturated rings. The molecule has 1 aromatic rings. The van der Waals surface area contributed by atoms with Crippen LogP contribution in [0, 0.1) is 0 Å². The van der Waals surface area contributed by atoms with Crippen molar-refractivity contribution in [1.29, 1.82) is 0 Å². The highest BCUT2D eigenvalue weighted by Crippen LogP contribution is 2.33. The standard InChI is InChI=1S/C11H17N3/c1-3-14-7-6-13(2)10-5-4-9(12)8-11(10)14/h4-5,8H,3,6-7,12H2,1-2H3. The first-order valence-electron chi connectivity index (χ1n) is 5.08. The zero-order valence-corrected chi connectivity index (χ0v) is 8.83. The van der Waals surface area contributed by atoms with Crippen molar-refractivity contribution >= 4 is 17.1 Å². The average molecular weight is 191 g/mol. The molecule has 1 heterocycles. The summed E-state index contributed by atoms with van der Waals surface area (Å²) in [6.07, 6.45) is 0. The quantitative estimate of drug-likeness (QED) is 0.683. The second-order valence-electron chi connectivity index (χ2n) is 3.75. The molecule has 2 rings (SSSR count). The Morgan fingerprint density at radius 1 is 1.29 bits per heavy atom. The number of nitrogens with zero attached hydrogens (tertiary/aromatic N) is 2. The molecule has 0 spiro atoms. The van der Waals surface area contributed by atoms with Gasteiger partial charge in [-0.1, -0.05) is 0 Å². The van der Waals surface area contributed by atoms with Crippen LogP contribution in [0.4, 0.5) is 17.1 Å². The Bertz CT molecular complexity index is 335. The average Bonchev–Trinajstić information content (AvgIpc) is 2.18.